The van der Waals surface area contributed by atoms with Crippen LogP contribution in [-0.4, -0.2) is 57.6 Å². The molecule has 0 unspecified atom stereocenters. The molecule has 2 aromatic carbocycles. The first-order valence-electron chi connectivity index (χ1n) is 10.4. The maximum atomic E-state index is 13.4. The summed E-state index contributed by atoms with van der Waals surface area (Å²) in [5.74, 6) is -0.174. The molecule has 0 fully saturated rings. The number of carbonyl (C=O) groups is 2. The smallest absolute Gasteiger partial charge is 0.244 e. The molecule has 0 radical (unpaired) electrons. The Morgan fingerprint density at radius 2 is 1.79 bits per heavy atom. The molecule has 0 aliphatic carbocycles. The van der Waals surface area contributed by atoms with Gasteiger partial charge in [-0.25, -0.2) is 8.42 Å². The molecule has 2 amide bonds. The van der Waals surface area contributed by atoms with E-state index in [9.17, 15) is 18.0 Å². The summed E-state index contributed by atoms with van der Waals surface area (Å²) >= 11 is 6.01. The number of nitrogens with zero attached hydrogens (tertiary/aromatic N) is 2. The van der Waals surface area contributed by atoms with Crippen molar-refractivity contribution < 1.29 is 22.7 Å². The average molecular weight is 496 g/mol. The molecular formula is C23H30ClN3O5S. The minimum Gasteiger partial charge on any atom is -0.497 e. The van der Waals surface area contributed by atoms with Gasteiger partial charge in [-0.1, -0.05) is 23.7 Å². The van der Waals surface area contributed by atoms with E-state index in [4.69, 9.17) is 16.3 Å². The van der Waals surface area contributed by atoms with E-state index in [0.717, 1.165) is 16.1 Å². The number of amides is 2. The highest BCUT2D eigenvalue weighted by atomic mass is 35.5. The molecule has 0 spiro atoms. The van der Waals surface area contributed by atoms with Gasteiger partial charge in [0.15, 0.2) is 0 Å². The molecule has 2 rings (SSSR count). The SMILES string of the molecule is CCNC(=O)[C@@H](C)N(Cc1ccc(OC)cc1)C(=O)CN(c1ccc(Cl)cc1C)S(C)(=O)=O. The van der Waals surface area contributed by atoms with Gasteiger partial charge < -0.3 is 15.0 Å². The Morgan fingerprint density at radius 1 is 1.15 bits per heavy atom. The van der Waals surface area contributed by atoms with E-state index in [1.807, 2.05) is 0 Å². The fourth-order valence-corrected chi connectivity index (χ4v) is 4.46. The van der Waals surface area contributed by atoms with Crippen LogP contribution in [0.15, 0.2) is 42.5 Å². The Morgan fingerprint density at radius 3 is 2.30 bits per heavy atom. The number of nitrogens with one attached hydrogen (secondary N) is 1. The molecule has 0 heterocycles. The summed E-state index contributed by atoms with van der Waals surface area (Å²) in [5, 5.41) is 3.18. The van der Waals surface area contributed by atoms with Crippen molar-refractivity contribution in [2.75, 3.05) is 30.8 Å². The third-order valence-electron chi connectivity index (χ3n) is 5.14. The summed E-state index contributed by atoms with van der Waals surface area (Å²) in [7, 11) is -2.24. The number of anilines is 1. The van der Waals surface area contributed by atoms with Crippen molar-refractivity contribution in [2.24, 2.45) is 0 Å². The van der Waals surface area contributed by atoms with Crippen LogP contribution in [0.5, 0.6) is 5.75 Å². The molecule has 33 heavy (non-hydrogen) atoms. The zero-order valence-corrected chi connectivity index (χ0v) is 21.0. The molecule has 0 aromatic heterocycles. The highest BCUT2D eigenvalue weighted by Crippen LogP contribution is 2.26. The summed E-state index contributed by atoms with van der Waals surface area (Å²) in [6, 6.07) is 11.1. The lowest BCUT2D eigenvalue weighted by molar-refractivity contribution is -0.139. The highest BCUT2D eigenvalue weighted by Gasteiger charge is 2.30. The fraction of sp³-hybridized carbons (Fsp3) is 0.391. The average Bonchev–Trinajstić information content (AvgIpc) is 2.75. The van der Waals surface area contributed by atoms with Crippen molar-refractivity contribution in [2.45, 2.75) is 33.4 Å². The highest BCUT2D eigenvalue weighted by molar-refractivity contribution is 7.92. The first-order chi connectivity index (χ1) is 15.5. The van der Waals surface area contributed by atoms with Crippen LogP contribution in [-0.2, 0) is 26.2 Å². The van der Waals surface area contributed by atoms with E-state index in [-0.39, 0.29) is 12.5 Å². The quantitative estimate of drug-likeness (QED) is 0.546. The summed E-state index contributed by atoms with van der Waals surface area (Å²) in [6.07, 6.45) is 1.04. The van der Waals surface area contributed by atoms with Crippen LogP contribution in [0.3, 0.4) is 0 Å². The first-order valence-corrected chi connectivity index (χ1v) is 12.6. The van der Waals surface area contributed by atoms with Gasteiger partial charge in [0.05, 0.1) is 19.1 Å². The van der Waals surface area contributed by atoms with Gasteiger partial charge in [0.2, 0.25) is 21.8 Å². The summed E-state index contributed by atoms with van der Waals surface area (Å²) < 4.78 is 31.4. The second-order valence-electron chi connectivity index (χ2n) is 7.64. The lowest BCUT2D eigenvalue weighted by atomic mass is 10.1. The minimum absolute atomic E-state index is 0.123. The van der Waals surface area contributed by atoms with Crippen molar-refractivity contribution >= 4 is 39.1 Å². The first kappa shape index (κ1) is 26.5. The van der Waals surface area contributed by atoms with Crippen molar-refractivity contribution in [3.8, 4) is 5.75 Å². The number of aryl methyl sites for hydroxylation is 1. The summed E-state index contributed by atoms with van der Waals surface area (Å²) in [6.45, 7) is 5.20. The van der Waals surface area contributed by atoms with Crippen LogP contribution in [0.25, 0.3) is 0 Å². The Balaban J connectivity index is 2.40. The number of rotatable bonds is 10. The van der Waals surface area contributed by atoms with Crippen LogP contribution >= 0.6 is 11.6 Å². The molecule has 1 atom stereocenters. The number of methoxy groups -OCH3 is 1. The van der Waals surface area contributed by atoms with Crippen LogP contribution in [0.4, 0.5) is 5.69 Å². The predicted octanol–water partition coefficient (Wildman–Crippen LogP) is 2.98. The lowest BCUT2D eigenvalue weighted by Crippen LogP contribution is -2.51. The maximum absolute atomic E-state index is 13.4. The molecule has 0 saturated heterocycles. The van der Waals surface area contributed by atoms with Crippen LogP contribution in [0.1, 0.15) is 25.0 Å². The van der Waals surface area contributed by atoms with Crippen molar-refractivity contribution in [3.63, 3.8) is 0 Å². The van der Waals surface area contributed by atoms with E-state index < -0.39 is 28.5 Å². The van der Waals surface area contributed by atoms with Gasteiger partial charge >= 0.3 is 0 Å². The summed E-state index contributed by atoms with van der Waals surface area (Å²) in [4.78, 5) is 27.3. The van der Waals surface area contributed by atoms with Crippen molar-refractivity contribution in [1.82, 2.24) is 10.2 Å². The predicted molar refractivity (Wildman–Crippen MR) is 130 cm³/mol. The molecule has 8 nitrogen and oxygen atoms in total. The molecule has 0 aliphatic rings. The topological polar surface area (TPSA) is 96.0 Å². The van der Waals surface area contributed by atoms with E-state index in [0.29, 0.717) is 28.6 Å². The Kier molecular flexibility index (Phi) is 9.13. The zero-order valence-electron chi connectivity index (χ0n) is 19.5. The van der Waals surface area contributed by atoms with E-state index >= 15 is 0 Å². The zero-order chi connectivity index (χ0) is 24.8. The van der Waals surface area contributed by atoms with Crippen molar-refractivity contribution in [1.29, 1.82) is 0 Å². The Hall–Kier alpha value is -2.78. The number of sulfonamides is 1. The van der Waals surface area contributed by atoms with E-state index in [1.165, 1.54) is 4.90 Å². The van der Waals surface area contributed by atoms with Crippen LogP contribution in [0, 0.1) is 6.92 Å². The molecule has 2 aromatic rings. The number of carbonyl (C=O) groups excluding carboxylic acids is 2. The third kappa shape index (κ3) is 7.10. The van der Waals surface area contributed by atoms with Crippen LogP contribution < -0.4 is 14.4 Å². The van der Waals surface area contributed by atoms with Gasteiger partial charge in [-0.2, -0.15) is 0 Å². The number of ether oxygens (including phenoxy) is 1. The van der Waals surface area contributed by atoms with Crippen LogP contribution in [0.2, 0.25) is 5.02 Å². The molecular weight excluding hydrogens is 466 g/mol. The largest absolute Gasteiger partial charge is 0.497 e. The van der Waals surface area contributed by atoms with E-state index in [1.54, 1.807) is 70.3 Å². The standard InChI is InChI=1S/C23H30ClN3O5S/c1-6-25-23(29)17(3)26(14-18-7-10-20(32-4)11-8-18)22(28)15-27(33(5,30)31)21-12-9-19(24)13-16(21)2/h7-13,17H,6,14-15H2,1-5H3,(H,25,29)/t17-/m1/s1. The number of halogens is 1. The van der Waals surface area contributed by atoms with Gasteiger partial charge in [0.25, 0.3) is 0 Å². The molecule has 0 aliphatic heterocycles. The van der Waals surface area contributed by atoms with Gasteiger partial charge in [0.1, 0.15) is 18.3 Å². The number of hydrogen-bond acceptors (Lipinski definition) is 5. The second-order valence-corrected chi connectivity index (χ2v) is 9.98. The maximum Gasteiger partial charge on any atom is 0.244 e. The normalized spacial score (nSPS) is 12.1. The van der Waals surface area contributed by atoms with Gasteiger partial charge in [0, 0.05) is 18.1 Å². The van der Waals surface area contributed by atoms with Gasteiger partial charge in [-0.05, 0) is 62.2 Å². The summed E-state index contributed by atoms with van der Waals surface area (Å²) in [5.41, 5.74) is 1.73. The molecule has 0 saturated carbocycles. The number of likely N-dealkylation sites (N-methyl/N-ethyl adjacent to an activating group) is 1. The lowest BCUT2D eigenvalue weighted by Gasteiger charge is -2.32. The molecule has 1 N–H and O–H groups in total. The minimum atomic E-state index is -3.79. The van der Waals surface area contributed by atoms with Gasteiger partial charge in [-0.3, -0.25) is 13.9 Å². The Labute approximate surface area is 200 Å². The van der Waals surface area contributed by atoms with E-state index in [2.05, 4.69) is 5.32 Å². The molecule has 0 bridgehead atoms. The monoisotopic (exact) mass is 495 g/mol. The fourth-order valence-electron chi connectivity index (χ4n) is 3.33. The van der Waals surface area contributed by atoms with Gasteiger partial charge in [-0.15, -0.1) is 0 Å². The Bertz CT molecular complexity index is 1090. The van der Waals surface area contributed by atoms with Crippen molar-refractivity contribution in [3.05, 3.63) is 58.6 Å². The molecule has 10 heteroatoms. The number of benzene rings is 2. The third-order valence-corrected chi connectivity index (χ3v) is 6.50. The molecule has 180 valence electrons. The second kappa shape index (κ2) is 11.4. The number of hydrogen-bond donors (Lipinski definition) is 1.